The highest BCUT2D eigenvalue weighted by atomic mass is 16.7. The van der Waals surface area contributed by atoms with E-state index in [1.807, 2.05) is 89.2 Å². The molecule has 0 amide bonds. The molecule has 13 heteroatoms. The molecule has 0 spiro atoms. The largest absolute Gasteiger partial charge is 0.459 e. The number of ketones is 1. The number of aliphatic hydroxyl groups is 3. The number of aliphatic hydroxyl groups excluding tert-OH is 2. The molecule has 2 aliphatic heterocycles. The van der Waals surface area contributed by atoms with Crippen LogP contribution in [-0.4, -0.2) is 124 Å². The van der Waals surface area contributed by atoms with E-state index in [-0.39, 0.29) is 31.6 Å². The Morgan fingerprint density at radius 1 is 1.05 bits per heavy atom. The van der Waals surface area contributed by atoms with E-state index in [1.54, 1.807) is 27.0 Å². The minimum Gasteiger partial charge on any atom is -0.459 e. The lowest BCUT2D eigenvalue weighted by atomic mass is 9.74. The zero-order valence-corrected chi connectivity index (χ0v) is 36.5. The smallest absolute Gasteiger partial charge is 0.316 e. The standard InChI is InChI=1S/C45H69N3O10/c1-12-14-22-55-47-37-27(3)25-44(8,54-21-17-18-32-24-33-19-15-16-20-34(33)46-26-32)41(58-43-39(50)35(48(10)11)23-28(4)56-43)30(6)38(49)31(7)42(52)57-36(13-2)45(9,53)40(51)29(37)5/h15-20,24,26-31,35-36,39-41,43,50-51,53H,12-14,21-23,25H2,1-11H3/b18-17+,47-37+/t27-,28-,29+,30+,31-,35+,36-,39-,40-,41-,43+,44+,45-/m1/s1. The Kier molecular flexibility index (Phi) is 17.0. The number of Topliss-reactive ketones (excluding diaryl/α,β-unsaturated/α-hetero) is 1. The van der Waals surface area contributed by atoms with Gasteiger partial charge >= 0.3 is 5.97 Å². The number of hydrogen-bond acceptors (Lipinski definition) is 13. The fraction of sp³-hybridized carbons (Fsp3) is 0.689. The van der Waals surface area contributed by atoms with E-state index in [1.165, 1.54) is 13.8 Å². The maximum atomic E-state index is 14.5. The highest BCUT2D eigenvalue weighted by Crippen LogP contribution is 2.39. The van der Waals surface area contributed by atoms with Crippen molar-refractivity contribution in [2.45, 2.75) is 148 Å². The molecule has 2 aromatic rings. The molecule has 2 fully saturated rings. The van der Waals surface area contributed by atoms with Crippen LogP contribution in [0.2, 0.25) is 0 Å². The van der Waals surface area contributed by atoms with Gasteiger partial charge in [-0.1, -0.05) is 76.5 Å². The zero-order chi connectivity index (χ0) is 42.9. The van der Waals surface area contributed by atoms with Crippen LogP contribution >= 0.6 is 0 Å². The van der Waals surface area contributed by atoms with Crippen LogP contribution in [0.1, 0.15) is 100.0 Å². The number of nitrogens with zero attached hydrogens (tertiary/aromatic N) is 3. The molecule has 4 rings (SSSR count). The summed E-state index contributed by atoms with van der Waals surface area (Å²) in [7, 11) is 3.77. The lowest BCUT2D eigenvalue weighted by Gasteiger charge is -2.47. The van der Waals surface area contributed by atoms with Crippen molar-refractivity contribution in [2.24, 2.45) is 28.8 Å². The van der Waals surface area contributed by atoms with Gasteiger partial charge in [0.05, 0.1) is 41.7 Å². The van der Waals surface area contributed by atoms with Crippen molar-refractivity contribution < 1.29 is 48.7 Å². The number of carbonyl (C=O) groups is 2. The van der Waals surface area contributed by atoms with E-state index in [0.717, 1.165) is 29.3 Å². The summed E-state index contributed by atoms with van der Waals surface area (Å²) < 4.78 is 25.8. The van der Waals surface area contributed by atoms with Gasteiger partial charge in [0, 0.05) is 35.4 Å². The molecule has 0 aliphatic carbocycles. The number of unbranched alkanes of at least 4 members (excludes halogenated alkanes) is 1. The molecule has 324 valence electrons. The summed E-state index contributed by atoms with van der Waals surface area (Å²) in [6.45, 7) is 16.3. The predicted molar refractivity (Wildman–Crippen MR) is 224 cm³/mol. The van der Waals surface area contributed by atoms with Crippen molar-refractivity contribution in [1.82, 2.24) is 9.88 Å². The number of fused-ring (bicyclic) bond motifs is 1. The second kappa shape index (κ2) is 20.8. The van der Waals surface area contributed by atoms with Crippen molar-refractivity contribution in [1.29, 1.82) is 0 Å². The number of aromatic nitrogens is 1. The van der Waals surface area contributed by atoms with E-state index in [0.29, 0.717) is 18.7 Å². The molecule has 58 heavy (non-hydrogen) atoms. The van der Waals surface area contributed by atoms with E-state index < -0.39 is 77.3 Å². The molecular weight excluding hydrogens is 743 g/mol. The van der Waals surface area contributed by atoms with Gasteiger partial charge in [-0.15, -0.1) is 0 Å². The first kappa shape index (κ1) is 47.4. The highest BCUT2D eigenvalue weighted by molar-refractivity contribution is 6.00. The highest BCUT2D eigenvalue weighted by Gasteiger charge is 2.52. The number of oxime groups is 1. The summed E-state index contributed by atoms with van der Waals surface area (Å²) in [5.41, 5.74) is -1.01. The first-order valence-corrected chi connectivity index (χ1v) is 21.0. The average Bonchev–Trinajstić information content (AvgIpc) is 3.19. The van der Waals surface area contributed by atoms with Crippen molar-refractivity contribution in [3.05, 3.63) is 48.2 Å². The fourth-order valence-electron chi connectivity index (χ4n) is 8.49. The summed E-state index contributed by atoms with van der Waals surface area (Å²) in [6, 6.07) is 9.60. The number of hydrogen-bond donors (Lipinski definition) is 3. The van der Waals surface area contributed by atoms with Crippen LogP contribution in [0.25, 0.3) is 17.0 Å². The van der Waals surface area contributed by atoms with Crippen LogP contribution in [0.5, 0.6) is 0 Å². The molecule has 0 bridgehead atoms. The maximum absolute atomic E-state index is 14.5. The van der Waals surface area contributed by atoms with E-state index in [4.69, 9.17) is 23.8 Å². The minimum absolute atomic E-state index is 0.0871. The van der Waals surface area contributed by atoms with Crippen LogP contribution in [-0.2, 0) is 33.4 Å². The van der Waals surface area contributed by atoms with E-state index >= 15 is 0 Å². The van der Waals surface area contributed by atoms with Crippen molar-refractivity contribution >= 4 is 34.4 Å². The Bertz CT molecular complexity index is 1720. The van der Waals surface area contributed by atoms with Gasteiger partial charge in [0.2, 0.25) is 0 Å². The van der Waals surface area contributed by atoms with Crippen molar-refractivity contribution in [2.75, 3.05) is 27.3 Å². The summed E-state index contributed by atoms with van der Waals surface area (Å²) in [5, 5.41) is 40.9. The minimum atomic E-state index is -1.91. The van der Waals surface area contributed by atoms with Crippen LogP contribution in [0.4, 0.5) is 0 Å². The predicted octanol–water partition coefficient (Wildman–Crippen LogP) is 5.96. The second-order valence-corrected chi connectivity index (χ2v) is 17.1. The molecule has 3 heterocycles. The van der Waals surface area contributed by atoms with Crippen LogP contribution in [0, 0.1) is 23.7 Å². The molecule has 3 N–H and O–H groups in total. The Morgan fingerprint density at radius 2 is 1.76 bits per heavy atom. The quantitative estimate of drug-likeness (QED) is 0.0998. The molecule has 1 aromatic heterocycles. The summed E-state index contributed by atoms with van der Waals surface area (Å²) in [5.74, 6) is -4.80. The Hall–Kier alpha value is -3.30. The summed E-state index contributed by atoms with van der Waals surface area (Å²) >= 11 is 0. The number of para-hydroxylation sites is 1. The molecule has 0 saturated carbocycles. The number of esters is 1. The van der Waals surface area contributed by atoms with Gasteiger partial charge in [-0.05, 0) is 85.2 Å². The SMILES string of the molecule is CCCCO/N=C1\[C@H](C)C[C@](C)(OC/C=C/c2cnc3ccccc3c2)[C@H](O[C@@H]2O[C@H](C)C[C@H](N(C)C)[C@H]2O)[C@@H](C)C(=O)[C@@H](C)C(=O)O[C@H](CC)[C@@](C)(O)[C@H](O)[C@H]1C. The molecular formula is C45H69N3O10. The van der Waals surface area contributed by atoms with E-state index in [2.05, 4.69) is 10.1 Å². The molecule has 0 radical (unpaired) electrons. The topological polar surface area (TPSA) is 169 Å². The van der Waals surface area contributed by atoms with Crippen molar-refractivity contribution in [3.8, 4) is 0 Å². The molecule has 13 nitrogen and oxygen atoms in total. The Labute approximate surface area is 345 Å². The number of ether oxygens (including phenoxy) is 4. The van der Waals surface area contributed by atoms with Gasteiger partial charge in [-0.25, -0.2) is 0 Å². The zero-order valence-electron chi connectivity index (χ0n) is 36.5. The Morgan fingerprint density at radius 3 is 2.43 bits per heavy atom. The first-order chi connectivity index (χ1) is 27.4. The lowest BCUT2D eigenvalue weighted by Crippen LogP contribution is -2.60. The van der Waals surface area contributed by atoms with Gasteiger partial charge in [-0.3, -0.25) is 14.6 Å². The number of rotatable bonds is 12. The number of benzene rings is 1. The molecule has 1 aromatic carbocycles. The summed E-state index contributed by atoms with van der Waals surface area (Å²) in [6.07, 6.45) is 2.01. The van der Waals surface area contributed by atoms with Crippen molar-refractivity contribution in [3.63, 3.8) is 0 Å². The Balaban J connectivity index is 1.85. The molecule has 0 unspecified atom stereocenters. The molecule has 2 saturated heterocycles. The molecule has 13 atom stereocenters. The monoisotopic (exact) mass is 811 g/mol. The van der Waals surface area contributed by atoms with Crippen LogP contribution < -0.4 is 0 Å². The normalized spacial score (nSPS) is 36.7. The lowest BCUT2D eigenvalue weighted by molar-refractivity contribution is -0.296. The summed E-state index contributed by atoms with van der Waals surface area (Å²) in [4.78, 5) is 40.6. The third-order valence-corrected chi connectivity index (χ3v) is 12.1. The number of carbonyl (C=O) groups excluding carboxylic acids is 2. The number of likely N-dealkylation sites (N-methyl/N-ethyl adjacent to an activating group) is 1. The van der Waals surface area contributed by atoms with E-state index in [9.17, 15) is 24.9 Å². The van der Waals surface area contributed by atoms with Gasteiger partial charge in [0.15, 0.2) is 12.1 Å². The first-order valence-electron chi connectivity index (χ1n) is 21.0. The number of pyridine rings is 1. The van der Waals surface area contributed by atoms with Gasteiger partial charge < -0.3 is 44.0 Å². The third kappa shape index (κ3) is 11.3. The van der Waals surface area contributed by atoms with Gasteiger partial charge in [0.1, 0.15) is 30.3 Å². The second-order valence-electron chi connectivity index (χ2n) is 17.1. The fourth-order valence-corrected chi connectivity index (χ4v) is 8.49. The van der Waals surface area contributed by atoms with Crippen LogP contribution in [0.3, 0.4) is 0 Å². The average molecular weight is 812 g/mol. The molecule has 2 aliphatic rings. The van der Waals surface area contributed by atoms with Gasteiger partial charge in [-0.2, -0.15) is 0 Å². The maximum Gasteiger partial charge on any atom is 0.316 e. The third-order valence-electron chi connectivity index (χ3n) is 12.1. The number of cyclic esters (lactones) is 1. The van der Waals surface area contributed by atoms with Crippen LogP contribution in [0.15, 0.2) is 47.8 Å². The van der Waals surface area contributed by atoms with Gasteiger partial charge in [0.25, 0.3) is 0 Å².